The minimum Gasteiger partial charge on any atom is -0.312 e. The molecule has 0 saturated heterocycles. The second-order valence-corrected chi connectivity index (χ2v) is 2.51. The maximum atomic E-state index is 5.23. The van der Waals surface area contributed by atoms with Gasteiger partial charge in [0.05, 0.1) is 5.69 Å². The number of nitrogens with one attached hydrogen (secondary N) is 1. The van der Waals surface area contributed by atoms with Gasteiger partial charge in [0.25, 0.3) is 0 Å². The van der Waals surface area contributed by atoms with E-state index in [1.807, 2.05) is 32.0 Å². The molecule has 3 nitrogen and oxygen atoms in total. The van der Waals surface area contributed by atoms with E-state index in [1.165, 1.54) is 5.56 Å². The fourth-order valence-corrected chi connectivity index (χ4v) is 1.22. The molecule has 0 unspecified atom stereocenters. The largest absolute Gasteiger partial charge is 0.312 e. The topological polar surface area (TPSA) is 50.4 Å². The highest BCUT2D eigenvalue weighted by molar-refractivity contribution is 5.91. The van der Waals surface area contributed by atoms with E-state index in [1.54, 1.807) is 0 Å². The molecule has 13 heavy (non-hydrogen) atoms. The normalized spacial score (nSPS) is 12.4. The highest BCUT2D eigenvalue weighted by atomic mass is 15.3. The molecule has 0 atom stereocenters. The Morgan fingerprint density at radius 2 is 2.00 bits per heavy atom. The number of benzene rings is 1. The molecule has 0 spiro atoms. The maximum Gasteiger partial charge on any atom is 0.121 e. The van der Waals surface area contributed by atoms with Crippen molar-refractivity contribution < 1.29 is 0 Å². The molecule has 0 aliphatic carbocycles. The summed E-state index contributed by atoms with van der Waals surface area (Å²) in [6.45, 7) is 4.00. The summed E-state index contributed by atoms with van der Waals surface area (Å²) in [5.41, 5.74) is 4.83. The van der Waals surface area contributed by atoms with Gasteiger partial charge in [-0.15, -0.1) is 0 Å². The molecule has 0 saturated carbocycles. The Hall–Kier alpha value is -1.35. The Morgan fingerprint density at radius 3 is 2.62 bits per heavy atom. The zero-order chi connectivity index (χ0) is 9.68. The standard InChI is InChI=1S/C8H9N3.C2H6/c9-11-8-5-6-3-1-2-4-7(6)10-8;1-2/h1-4H,5,9H2,(H,10,11);1-2H3. The van der Waals surface area contributed by atoms with Gasteiger partial charge in [-0.2, -0.15) is 0 Å². The lowest BCUT2D eigenvalue weighted by Gasteiger charge is -1.94. The van der Waals surface area contributed by atoms with E-state index in [4.69, 9.17) is 5.84 Å². The monoisotopic (exact) mass is 177 g/mol. The highest BCUT2D eigenvalue weighted by Gasteiger charge is 2.11. The van der Waals surface area contributed by atoms with Gasteiger partial charge in [0, 0.05) is 6.42 Å². The minimum atomic E-state index is 0.826. The van der Waals surface area contributed by atoms with Crippen LogP contribution in [0, 0.1) is 0 Å². The number of hydrogen-bond acceptors (Lipinski definition) is 3. The smallest absolute Gasteiger partial charge is 0.121 e. The van der Waals surface area contributed by atoms with Gasteiger partial charge in [-0.1, -0.05) is 32.0 Å². The molecule has 3 heteroatoms. The van der Waals surface area contributed by atoms with Crippen molar-refractivity contribution >= 4 is 11.5 Å². The fourth-order valence-electron chi connectivity index (χ4n) is 1.22. The average Bonchev–Trinajstić information content (AvgIpc) is 2.63. The van der Waals surface area contributed by atoms with Crippen LogP contribution in [0.3, 0.4) is 0 Å². The Labute approximate surface area is 78.6 Å². The molecule has 0 fully saturated rings. The Balaban J connectivity index is 0.000000396. The molecule has 1 aromatic rings. The number of hydrazine groups is 1. The number of aliphatic imine (C=N–C) groups is 1. The van der Waals surface area contributed by atoms with Crippen LogP contribution in [0.1, 0.15) is 19.4 Å². The Bertz CT molecular complexity index is 305. The first-order valence-corrected chi connectivity index (χ1v) is 4.52. The molecule has 3 N–H and O–H groups in total. The van der Waals surface area contributed by atoms with Crippen molar-refractivity contribution in [2.45, 2.75) is 20.3 Å². The molecule has 0 aromatic heterocycles. The molecule has 70 valence electrons. The minimum absolute atomic E-state index is 0.826. The Morgan fingerprint density at radius 1 is 1.31 bits per heavy atom. The number of nitrogens with zero attached hydrogens (tertiary/aromatic N) is 1. The molecule has 0 amide bonds. The van der Waals surface area contributed by atoms with E-state index in [0.717, 1.165) is 17.9 Å². The van der Waals surface area contributed by atoms with E-state index < -0.39 is 0 Å². The van der Waals surface area contributed by atoms with Crippen LogP contribution in [0.4, 0.5) is 5.69 Å². The van der Waals surface area contributed by atoms with Crippen molar-refractivity contribution in [3.63, 3.8) is 0 Å². The summed E-state index contributed by atoms with van der Waals surface area (Å²) in [6.07, 6.45) is 0.826. The third-order valence-corrected chi connectivity index (χ3v) is 1.77. The van der Waals surface area contributed by atoms with Crippen LogP contribution in [-0.4, -0.2) is 5.84 Å². The van der Waals surface area contributed by atoms with Gasteiger partial charge in [-0.05, 0) is 11.6 Å². The van der Waals surface area contributed by atoms with Crippen LogP contribution in [0.15, 0.2) is 29.3 Å². The van der Waals surface area contributed by atoms with Crippen molar-refractivity contribution in [2.24, 2.45) is 10.8 Å². The van der Waals surface area contributed by atoms with Crippen LogP contribution < -0.4 is 11.3 Å². The molecule has 1 heterocycles. The van der Waals surface area contributed by atoms with Gasteiger partial charge >= 0.3 is 0 Å². The van der Waals surface area contributed by atoms with Gasteiger partial charge in [-0.25, -0.2) is 10.8 Å². The average molecular weight is 177 g/mol. The number of rotatable bonds is 0. The van der Waals surface area contributed by atoms with Gasteiger partial charge in [-0.3, -0.25) is 0 Å². The summed E-state index contributed by atoms with van der Waals surface area (Å²) >= 11 is 0. The second-order valence-electron chi connectivity index (χ2n) is 2.51. The number of para-hydroxylation sites is 1. The van der Waals surface area contributed by atoms with Crippen LogP contribution in [0.5, 0.6) is 0 Å². The van der Waals surface area contributed by atoms with Crippen molar-refractivity contribution in [2.75, 3.05) is 0 Å². The Kier molecular flexibility index (Phi) is 3.46. The van der Waals surface area contributed by atoms with E-state index in [9.17, 15) is 0 Å². The molecule has 1 aromatic carbocycles. The van der Waals surface area contributed by atoms with E-state index in [0.29, 0.717) is 0 Å². The lowest BCUT2D eigenvalue weighted by atomic mass is 10.1. The second kappa shape index (κ2) is 4.62. The molecule has 0 radical (unpaired) electrons. The summed E-state index contributed by atoms with van der Waals surface area (Å²) in [4.78, 5) is 4.25. The first kappa shape index (κ1) is 9.74. The number of nitrogens with two attached hydrogens (primary N) is 1. The van der Waals surface area contributed by atoms with Gasteiger partial charge in [0.1, 0.15) is 5.84 Å². The summed E-state index contributed by atoms with van der Waals surface area (Å²) in [6, 6.07) is 8.03. The summed E-state index contributed by atoms with van der Waals surface area (Å²) in [5, 5.41) is 0. The van der Waals surface area contributed by atoms with E-state index in [-0.39, 0.29) is 0 Å². The lowest BCUT2D eigenvalue weighted by Crippen LogP contribution is -2.29. The first-order valence-electron chi connectivity index (χ1n) is 4.52. The van der Waals surface area contributed by atoms with E-state index >= 15 is 0 Å². The van der Waals surface area contributed by atoms with Crippen molar-refractivity contribution in [1.29, 1.82) is 0 Å². The third-order valence-electron chi connectivity index (χ3n) is 1.77. The van der Waals surface area contributed by atoms with Crippen LogP contribution in [0.25, 0.3) is 0 Å². The molecule has 1 aliphatic rings. The highest BCUT2D eigenvalue weighted by Crippen LogP contribution is 2.24. The fraction of sp³-hybridized carbons (Fsp3) is 0.300. The van der Waals surface area contributed by atoms with Crippen LogP contribution >= 0.6 is 0 Å². The predicted octanol–water partition coefficient (Wildman–Crippen LogP) is 1.76. The number of hydrogen-bond donors (Lipinski definition) is 2. The summed E-state index contributed by atoms with van der Waals surface area (Å²) in [5.74, 6) is 6.07. The SMILES string of the molecule is CC.NNC1=Nc2ccccc2C1. The van der Waals surface area contributed by atoms with Gasteiger partial charge < -0.3 is 5.43 Å². The van der Waals surface area contributed by atoms with Gasteiger partial charge in [0.15, 0.2) is 0 Å². The summed E-state index contributed by atoms with van der Waals surface area (Å²) in [7, 11) is 0. The zero-order valence-corrected chi connectivity index (χ0v) is 8.04. The molecule has 0 bridgehead atoms. The maximum absolute atomic E-state index is 5.23. The zero-order valence-electron chi connectivity index (χ0n) is 8.04. The molecule has 2 rings (SSSR count). The molecular formula is C10H15N3. The quantitative estimate of drug-likeness (QED) is 0.468. The molecular weight excluding hydrogens is 162 g/mol. The third kappa shape index (κ3) is 2.06. The predicted molar refractivity (Wildman–Crippen MR) is 55.9 cm³/mol. The van der Waals surface area contributed by atoms with E-state index in [2.05, 4.69) is 16.5 Å². The number of fused-ring (bicyclic) bond motifs is 1. The number of amidine groups is 1. The van der Waals surface area contributed by atoms with Crippen LogP contribution in [0.2, 0.25) is 0 Å². The van der Waals surface area contributed by atoms with Crippen molar-refractivity contribution in [3.05, 3.63) is 29.8 Å². The summed E-state index contributed by atoms with van der Waals surface area (Å²) < 4.78 is 0. The van der Waals surface area contributed by atoms with Gasteiger partial charge in [0.2, 0.25) is 0 Å². The lowest BCUT2D eigenvalue weighted by molar-refractivity contribution is 1.00. The molecule has 1 aliphatic heterocycles. The van der Waals surface area contributed by atoms with Crippen molar-refractivity contribution in [3.8, 4) is 0 Å². The van der Waals surface area contributed by atoms with Crippen LogP contribution in [-0.2, 0) is 6.42 Å². The van der Waals surface area contributed by atoms with Crippen molar-refractivity contribution in [1.82, 2.24) is 5.43 Å². The first-order chi connectivity index (χ1) is 6.40.